The first-order valence-corrected chi connectivity index (χ1v) is 7.06. The lowest BCUT2D eigenvalue weighted by Crippen LogP contribution is -2.46. The predicted octanol–water partition coefficient (Wildman–Crippen LogP) is 3.00. The SMILES string of the molecule is CCC(C)CN(CC)C1CCCCC1C(=O)O. The summed E-state index contributed by atoms with van der Waals surface area (Å²) < 4.78 is 0. The van der Waals surface area contributed by atoms with Gasteiger partial charge in [0.15, 0.2) is 0 Å². The van der Waals surface area contributed by atoms with E-state index in [2.05, 4.69) is 25.7 Å². The first kappa shape index (κ1) is 14.5. The summed E-state index contributed by atoms with van der Waals surface area (Å²) in [5.41, 5.74) is 0. The molecule has 1 N–H and O–H groups in total. The molecule has 0 aromatic heterocycles. The van der Waals surface area contributed by atoms with E-state index in [0.717, 1.165) is 32.4 Å². The van der Waals surface area contributed by atoms with Crippen molar-refractivity contribution in [2.75, 3.05) is 13.1 Å². The third kappa shape index (κ3) is 3.98. The normalized spacial score (nSPS) is 27.1. The Morgan fingerprint density at radius 3 is 2.53 bits per heavy atom. The van der Waals surface area contributed by atoms with Crippen molar-refractivity contribution in [2.24, 2.45) is 11.8 Å². The molecule has 1 aliphatic rings. The highest BCUT2D eigenvalue weighted by molar-refractivity contribution is 5.71. The maximum Gasteiger partial charge on any atom is 0.308 e. The molecule has 3 nitrogen and oxygen atoms in total. The Hall–Kier alpha value is -0.570. The quantitative estimate of drug-likeness (QED) is 0.777. The first-order chi connectivity index (χ1) is 8.10. The fourth-order valence-electron chi connectivity index (χ4n) is 2.86. The number of carboxylic acids is 1. The second-order valence-electron chi connectivity index (χ2n) is 5.40. The Morgan fingerprint density at radius 2 is 2.00 bits per heavy atom. The maximum atomic E-state index is 11.3. The van der Waals surface area contributed by atoms with Crippen LogP contribution in [0.5, 0.6) is 0 Å². The zero-order valence-electron chi connectivity index (χ0n) is 11.5. The average molecular weight is 241 g/mol. The molecule has 0 heterocycles. The largest absolute Gasteiger partial charge is 0.481 e. The third-order valence-electron chi connectivity index (χ3n) is 4.16. The number of carbonyl (C=O) groups is 1. The Balaban J connectivity index is 2.66. The van der Waals surface area contributed by atoms with E-state index in [4.69, 9.17) is 0 Å². The second-order valence-corrected chi connectivity index (χ2v) is 5.40. The molecule has 1 saturated carbocycles. The van der Waals surface area contributed by atoms with Crippen molar-refractivity contribution in [2.45, 2.75) is 58.9 Å². The van der Waals surface area contributed by atoms with Gasteiger partial charge in [0, 0.05) is 12.6 Å². The lowest BCUT2D eigenvalue weighted by atomic mass is 9.83. The van der Waals surface area contributed by atoms with Gasteiger partial charge >= 0.3 is 5.97 Å². The molecule has 0 amide bonds. The van der Waals surface area contributed by atoms with Crippen molar-refractivity contribution in [3.05, 3.63) is 0 Å². The van der Waals surface area contributed by atoms with Gasteiger partial charge in [-0.15, -0.1) is 0 Å². The topological polar surface area (TPSA) is 40.5 Å². The Morgan fingerprint density at radius 1 is 1.35 bits per heavy atom. The molecule has 17 heavy (non-hydrogen) atoms. The molecular weight excluding hydrogens is 214 g/mol. The smallest absolute Gasteiger partial charge is 0.308 e. The van der Waals surface area contributed by atoms with Crippen LogP contribution in [0.4, 0.5) is 0 Å². The van der Waals surface area contributed by atoms with E-state index in [-0.39, 0.29) is 12.0 Å². The summed E-state index contributed by atoms with van der Waals surface area (Å²) in [7, 11) is 0. The molecule has 0 saturated heterocycles. The highest BCUT2D eigenvalue weighted by Gasteiger charge is 2.34. The maximum absolute atomic E-state index is 11.3. The van der Waals surface area contributed by atoms with E-state index in [1.807, 2.05) is 0 Å². The minimum absolute atomic E-state index is 0.146. The van der Waals surface area contributed by atoms with Crippen LogP contribution in [0.3, 0.4) is 0 Å². The summed E-state index contributed by atoms with van der Waals surface area (Å²) in [6.07, 6.45) is 5.35. The van der Waals surface area contributed by atoms with Crippen LogP contribution in [0.1, 0.15) is 52.9 Å². The van der Waals surface area contributed by atoms with Crippen LogP contribution in [-0.2, 0) is 4.79 Å². The summed E-state index contributed by atoms with van der Waals surface area (Å²) in [6, 6.07) is 0.264. The molecular formula is C14H27NO2. The second kappa shape index (κ2) is 7.00. The number of hydrogen-bond donors (Lipinski definition) is 1. The summed E-state index contributed by atoms with van der Waals surface area (Å²) in [5, 5.41) is 9.32. The molecule has 0 radical (unpaired) electrons. The lowest BCUT2D eigenvalue weighted by molar-refractivity contribution is -0.145. The minimum Gasteiger partial charge on any atom is -0.481 e. The molecule has 0 bridgehead atoms. The number of hydrogen-bond acceptors (Lipinski definition) is 2. The van der Waals surface area contributed by atoms with Gasteiger partial charge in [0.2, 0.25) is 0 Å². The molecule has 1 aliphatic carbocycles. The molecule has 0 aliphatic heterocycles. The van der Waals surface area contributed by atoms with Gasteiger partial charge in [-0.1, -0.05) is 40.0 Å². The summed E-state index contributed by atoms with van der Waals surface area (Å²) in [6.45, 7) is 8.62. The van der Waals surface area contributed by atoms with E-state index in [0.29, 0.717) is 5.92 Å². The van der Waals surface area contributed by atoms with E-state index in [1.54, 1.807) is 0 Å². The molecule has 100 valence electrons. The zero-order chi connectivity index (χ0) is 12.8. The summed E-state index contributed by atoms with van der Waals surface area (Å²) in [4.78, 5) is 13.7. The van der Waals surface area contributed by atoms with Crippen molar-refractivity contribution in [3.8, 4) is 0 Å². The lowest BCUT2D eigenvalue weighted by Gasteiger charge is -2.38. The van der Waals surface area contributed by atoms with Crippen LogP contribution in [-0.4, -0.2) is 35.1 Å². The summed E-state index contributed by atoms with van der Waals surface area (Å²) >= 11 is 0. The van der Waals surface area contributed by atoms with Gasteiger partial charge < -0.3 is 5.11 Å². The van der Waals surface area contributed by atoms with E-state index >= 15 is 0 Å². The van der Waals surface area contributed by atoms with Crippen molar-refractivity contribution < 1.29 is 9.90 Å². The van der Waals surface area contributed by atoms with E-state index in [1.165, 1.54) is 12.8 Å². The number of rotatable bonds is 6. The number of nitrogens with zero attached hydrogens (tertiary/aromatic N) is 1. The van der Waals surface area contributed by atoms with Crippen molar-refractivity contribution >= 4 is 5.97 Å². The first-order valence-electron chi connectivity index (χ1n) is 7.06. The minimum atomic E-state index is -0.600. The van der Waals surface area contributed by atoms with E-state index in [9.17, 15) is 9.90 Å². The molecule has 3 heteroatoms. The van der Waals surface area contributed by atoms with Gasteiger partial charge in [-0.25, -0.2) is 0 Å². The van der Waals surface area contributed by atoms with Crippen molar-refractivity contribution in [1.29, 1.82) is 0 Å². The molecule has 3 atom stereocenters. The van der Waals surface area contributed by atoms with Gasteiger partial charge in [-0.2, -0.15) is 0 Å². The van der Waals surface area contributed by atoms with Crippen LogP contribution in [0, 0.1) is 11.8 Å². The van der Waals surface area contributed by atoms with Crippen LogP contribution < -0.4 is 0 Å². The molecule has 0 aromatic rings. The van der Waals surface area contributed by atoms with Gasteiger partial charge in [0.05, 0.1) is 5.92 Å². The summed E-state index contributed by atoms with van der Waals surface area (Å²) in [5.74, 6) is -0.0867. The van der Waals surface area contributed by atoms with Crippen molar-refractivity contribution in [3.63, 3.8) is 0 Å². The van der Waals surface area contributed by atoms with Crippen LogP contribution >= 0.6 is 0 Å². The standard InChI is InChI=1S/C14H27NO2/c1-4-11(3)10-15(5-2)13-9-7-6-8-12(13)14(16)17/h11-13H,4-10H2,1-3H3,(H,16,17). The van der Waals surface area contributed by atoms with Gasteiger partial charge in [-0.3, -0.25) is 9.69 Å². The highest BCUT2D eigenvalue weighted by atomic mass is 16.4. The zero-order valence-corrected chi connectivity index (χ0v) is 11.5. The molecule has 3 unspecified atom stereocenters. The Bertz CT molecular complexity index is 242. The van der Waals surface area contributed by atoms with E-state index < -0.39 is 5.97 Å². The van der Waals surface area contributed by atoms with Crippen molar-refractivity contribution in [1.82, 2.24) is 4.90 Å². The van der Waals surface area contributed by atoms with Gasteiger partial charge in [0.1, 0.15) is 0 Å². The van der Waals surface area contributed by atoms with Gasteiger partial charge in [-0.05, 0) is 25.3 Å². The fourth-order valence-corrected chi connectivity index (χ4v) is 2.86. The average Bonchev–Trinajstić information content (AvgIpc) is 2.35. The van der Waals surface area contributed by atoms with Crippen LogP contribution in [0.2, 0.25) is 0 Å². The van der Waals surface area contributed by atoms with Crippen LogP contribution in [0.25, 0.3) is 0 Å². The Kier molecular flexibility index (Phi) is 5.96. The fraction of sp³-hybridized carbons (Fsp3) is 0.929. The monoisotopic (exact) mass is 241 g/mol. The predicted molar refractivity (Wildman–Crippen MR) is 70.1 cm³/mol. The number of carboxylic acid groups (broad SMARTS) is 1. The molecule has 0 aromatic carbocycles. The highest BCUT2D eigenvalue weighted by Crippen LogP contribution is 2.29. The molecule has 1 fully saturated rings. The molecule has 1 rings (SSSR count). The third-order valence-corrected chi connectivity index (χ3v) is 4.16. The number of aliphatic carboxylic acids is 1. The van der Waals surface area contributed by atoms with Gasteiger partial charge in [0.25, 0.3) is 0 Å². The Labute approximate surface area is 105 Å². The van der Waals surface area contributed by atoms with Crippen LogP contribution in [0.15, 0.2) is 0 Å². The molecule has 0 spiro atoms.